The Morgan fingerprint density at radius 2 is 2.22 bits per heavy atom. The number of rotatable bonds is 4. The maximum absolute atomic E-state index is 11.8. The molecule has 0 saturated heterocycles. The highest BCUT2D eigenvalue weighted by Gasteiger charge is 2.11. The van der Waals surface area contributed by atoms with E-state index in [2.05, 4.69) is 10.3 Å². The summed E-state index contributed by atoms with van der Waals surface area (Å²) in [5.41, 5.74) is 0.437. The van der Waals surface area contributed by atoms with E-state index in [0.717, 1.165) is 0 Å². The molecule has 0 saturated carbocycles. The molecule has 5 heteroatoms. The van der Waals surface area contributed by atoms with E-state index in [-0.39, 0.29) is 5.56 Å². The molecule has 2 rings (SSSR count). The summed E-state index contributed by atoms with van der Waals surface area (Å²) in [6.07, 6.45) is 1.69. The van der Waals surface area contributed by atoms with Crippen LogP contribution in [0.1, 0.15) is 19.5 Å². The van der Waals surface area contributed by atoms with E-state index in [1.165, 1.54) is 10.5 Å². The first-order chi connectivity index (χ1) is 8.46. The van der Waals surface area contributed by atoms with Gasteiger partial charge in [0.05, 0.1) is 11.3 Å². The van der Waals surface area contributed by atoms with Gasteiger partial charge in [-0.15, -0.1) is 0 Å². The first-order valence-electron chi connectivity index (χ1n) is 5.86. The van der Waals surface area contributed by atoms with Crippen LogP contribution in [0.3, 0.4) is 0 Å². The molecule has 0 atom stereocenters. The van der Waals surface area contributed by atoms with Gasteiger partial charge in [0.25, 0.3) is 5.56 Å². The first-order valence-corrected chi connectivity index (χ1v) is 5.86. The van der Waals surface area contributed by atoms with Gasteiger partial charge in [-0.1, -0.05) is 6.07 Å². The van der Waals surface area contributed by atoms with Crippen LogP contribution in [0, 0.1) is 0 Å². The molecule has 0 spiro atoms. The molecule has 0 radical (unpaired) electrons. The minimum atomic E-state index is -0.772. The summed E-state index contributed by atoms with van der Waals surface area (Å²) in [6.45, 7) is 4.36. The highest BCUT2D eigenvalue weighted by molar-refractivity contribution is 5.37. The van der Waals surface area contributed by atoms with E-state index in [1.807, 2.05) is 6.07 Å². The molecule has 0 aliphatic carbocycles. The molecule has 0 unspecified atom stereocenters. The maximum atomic E-state index is 11.8. The highest BCUT2D eigenvalue weighted by Crippen LogP contribution is 2.00. The summed E-state index contributed by atoms with van der Waals surface area (Å²) < 4.78 is 1.50. The Balaban J connectivity index is 2.17. The summed E-state index contributed by atoms with van der Waals surface area (Å²) in [4.78, 5) is 16.2. The van der Waals surface area contributed by atoms with Crippen LogP contribution in [0.2, 0.25) is 0 Å². The number of fused-ring (bicyclic) bond motifs is 1. The van der Waals surface area contributed by atoms with E-state index in [1.54, 1.807) is 32.2 Å². The molecule has 2 heterocycles. The van der Waals surface area contributed by atoms with Crippen molar-refractivity contribution in [1.82, 2.24) is 14.7 Å². The van der Waals surface area contributed by atoms with E-state index in [9.17, 15) is 9.90 Å². The van der Waals surface area contributed by atoms with E-state index >= 15 is 0 Å². The van der Waals surface area contributed by atoms with Gasteiger partial charge in [0, 0.05) is 25.4 Å². The fourth-order valence-corrected chi connectivity index (χ4v) is 1.69. The van der Waals surface area contributed by atoms with E-state index in [4.69, 9.17) is 0 Å². The summed E-state index contributed by atoms with van der Waals surface area (Å²) in [5.74, 6) is 0. The third-order valence-corrected chi connectivity index (χ3v) is 2.49. The SMILES string of the molecule is CC(C)(O)CNCc1cc(=O)n2ccccc2n1. The number of aliphatic hydroxyl groups is 1. The molecular weight excluding hydrogens is 230 g/mol. The second kappa shape index (κ2) is 4.88. The van der Waals surface area contributed by atoms with Crippen molar-refractivity contribution in [2.45, 2.75) is 26.0 Å². The van der Waals surface area contributed by atoms with Crippen molar-refractivity contribution < 1.29 is 5.11 Å². The van der Waals surface area contributed by atoms with Crippen LogP contribution < -0.4 is 10.9 Å². The third kappa shape index (κ3) is 3.15. The largest absolute Gasteiger partial charge is 0.389 e. The lowest BCUT2D eigenvalue weighted by molar-refractivity contribution is 0.0794. The standard InChI is InChI=1S/C13H17N3O2/c1-13(2,18)9-14-8-10-7-12(17)16-6-4-3-5-11(16)15-10/h3-7,14,18H,8-9H2,1-2H3. The monoisotopic (exact) mass is 247 g/mol. The summed E-state index contributed by atoms with van der Waals surface area (Å²) in [7, 11) is 0. The van der Waals surface area contributed by atoms with Gasteiger partial charge in [-0.25, -0.2) is 4.98 Å². The van der Waals surface area contributed by atoms with Crippen molar-refractivity contribution >= 4 is 5.65 Å². The fourth-order valence-electron chi connectivity index (χ4n) is 1.69. The fraction of sp³-hybridized carbons (Fsp3) is 0.385. The Hall–Kier alpha value is -1.72. The van der Waals surface area contributed by atoms with Gasteiger partial charge in [0.1, 0.15) is 5.65 Å². The van der Waals surface area contributed by atoms with Crippen LogP contribution >= 0.6 is 0 Å². The van der Waals surface area contributed by atoms with Gasteiger partial charge in [0.15, 0.2) is 0 Å². The molecule has 0 aliphatic heterocycles. The van der Waals surface area contributed by atoms with Gasteiger partial charge < -0.3 is 10.4 Å². The molecule has 18 heavy (non-hydrogen) atoms. The molecule has 96 valence electrons. The quantitative estimate of drug-likeness (QED) is 0.828. The van der Waals surface area contributed by atoms with Crippen LogP contribution in [0.25, 0.3) is 5.65 Å². The van der Waals surface area contributed by atoms with Crippen molar-refractivity contribution in [3.63, 3.8) is 0 Å². The van der Waals surface area contributed by atoms with Gasteiger partial charge in [-0.2, -0.15) is 0 Å². The Bertz CT molecular complexity index is 599. The molecule has 0 amide bonds. The van der Waals surface area contributed by atoms with Crippen molar-refractivity contribution in [3.8, 4) is 0 Å². The summed E-state index contributed by atoms with van der Waals surface area (Å²) >= 11 is 0. The molecule has 0 fully saturated rings. The molecule has 0 bridgehead atoms. The number of aromatic nitrogens is 2. The van der Waals surface area contributed by atoms with Gasteiger partial charge >= 0.3 is 0 Å². The van der Waals surface area contributed by atoms with Crippen molar-refractivity contribution in [3.05, 3.63) is 46.5 Å². The molecule has 0 aliphatic rings. The van der Waals surface area contributed by atoms with E-state index in [0.29, 0.717) is 24.4 Å². The lowest BCUT2D eigenvalue weighted by Gasteiger charge is -2.17. The minimum absolute atomic E-state index is 0.0966. The topological polar surface area (TPSA) is 66.6 Å². The second-order valence-corrected chi connectivity index (χ2v) is 4.93. The number of nitrogens with zero attached hydrogens (tertiary/aromatic N) is 2. The predicted octanol–water partition coefficient (Wildman–Crippen LogP) is 0.555. The zero-order valence-corrected chi connectivity index (χ0v) is 10.6. The number of hydrogen-bond acceptors (Lipinski definition) is 4. The minimum Gasteiger partial charge on any atom is -0.389 e. The Morgan fingerprint density at radius 1 is 1.44 bits per heavy atom. The smallest absolute Gasteiger partial charge is 0.258 e. The molecule has 0 aromatic carbocycles. The van der Waals surface area contributed by atoms with E-state index < -0.39 is 5.60 Å². The first kappa shape index (κ1) is 12.7. The molecule has 2 aromatic rings. The average molecular weight is 247 g/mol. The number of pyridine rings is 1. The highest BCUT2D eigenvalue weighted by atomic mass is 16.3. The average Bonchev–Trinajstić information content (AvgIpc) is 2.27. The summed E-state index contributed by atoms with van der Waals surface area (Å²) in [6, 6.07) is 6.93. The predicted molar refractivity (Wildman–Crippen MR) is 69.5 cm³/mol. The lowest BCUT2D eigenvalue weighted by Crippen LogP contribution is -2.34. The van der Waals surface area contributed by atoms with Crippen LogP contribution in [0.4, 0.5) is 0 Å². The Morgan fingerprint density at radius 3 is 2.94 bits per heavy atom. The molecule has 2 N–H and O–H groups in total. The van der Waals surface area contributed by atoms with Gasteiger partial charge in [-0.3, -0.25) is 9.20 Å². The second-order valence-electron chi connectivity index (χ2n) is 4.93. The van der Waals surface area contributed by atoms with Crippen LogP contribution in [-0.4, -0.2) is 26.6 Å². The van der Waals surface area contributed by atoms with Crippen LogP contribution in [0.5, 0.6) is 0 Å². The Kier molecular flexibility index (Phi) is 3.45. The molecule has 5 nitrogen and oxygen atoms in total. The van der Waals surface area contributed by atoms with Crippen molar-refractivity contribution in [1.29, 1.82) is 0 Å². The van der Waals surface area contributed by atoms with Crippen LogP contribution in [0.15, 0.2) is 35.3 Å². The zero-order valence-electron chi connectivity index (χ0n) is 10.6. The molecular formula is C13H17N3O2. The number of hydrogen-bond donors (Lipinski definition) is 2. The lowest BCUT2D eigenvalue weighted by atomic mass is 10.1. The van der Waals surface area contributed by atoms with Crippen LogP contribution in [-0.2, 0) is 6.54 Å². The molecule has 2 aromatic heterocycles. The third-order valence-electron chi connectivity index (χ3n) is 2.49. The number of nitrogens with one attached hydrogen (secondary N) is 1. The Labute approximate surface area is 105 Å². The zero-order chi connectivity index (χ0) is 13.2. The summed E-state index contributed by atoms with van der Waals surface area (Å²) in [5, 5.41) is 12.6. The van der Waals surface area contributed by atoms with Crippen molar-refractivity contribution in [2.75, 3.05) is 6.54 Å². The normalized spacial score (nSPS) is 11.9. The van der Waals surface area contributed by atoms with Gasteiger partial charge in [-0.05, 0) is 26.0 Å². The maximum Gasteiger partial charge on any atom is 0.258 e. The van der Waals surface area contributed by atoms with Crippen molar-refractivity contribution in [2.24, 2.45) is 0 Å². The van der Waals surface area contributed by atoms with Gasteiger partial charge in [0.2, 0.25) is 0 Å².